The second kappa shape index (κ2) is 9.71. The number of sulfonamides is 2. The molecule has 1 aliphatic rings. The second-order valence-corrected chi connectivity index (χ2v) is 12.0. The van der Waals surface area contributed by atoms with Crippen LogP contribution in [0.2, 0.25) is 0 Å². The minimum atomic E-state index is -3.95. The number of methoxy groups -OCH3 is 1. The number of hydrogen-bond donors (Lipinski definition) is 1. The molecule has 10 heteroatoms. The van der Waals surface area contributed by atoms with Crippen LogP contribution in [-0.4, -0.2) is 39.8 Å². The molecule has 1 heterocycles. The summed E-state index contributed by atoms with van der Waals surface area (Å²) in [6, 6.07) is 20.1. The van der Waals surface area contributed by atoms with E-state index in [-0.39, 0.29) is 10.6 Å². The molecule has 8 nitrogen and oxygen atoms in total. The van der Waals surface area contributed by atoms with Crippen LogP contribution in [0.4, 0.5) is 5.69 Å². The van der Waals surface area contributed by atoms with Gasteiger partial charge in [0.25, 0.3) is 10.0 Å². The molecule has 0 bridgehead atoms. The lowest BCUT2D eigenvalue weighted by atomic mass is 9.99. The minimum absolute atomic E-state index is 0.0553. The summed E-state index contributed by atoms with van der Waals surface area (Å²) < 4.78 is 60.2. The molecule has 35 heavy (non-hydrogen) atoms. The normalized spacial score (nSPS) is 16.1. The van der Waals surface area contributed by atoms with Crippen LogP contribution in [0.25, 0.3) is 0 Å². The third-order valence-electron chi connectivity index (χ3n) is 5.79. The van der Waals surface area contributed by atoms with Crippen molar-refractivity contribution in [2.45, 2.75) is 31.2 Å². The average Bonchev–Trinajstić information content (AvgIpc) is 3.31. The van der Waals surface area contributed by atoms with E-state index in [1.165, 1.54) is 0 Å². The van der Waals surface area contributed by atoms with Crippen molar-refractivity contribution >= 4 is 31.4 Å². The van der Waals surface area contributed by atoms with Crippen molar-refractivity contribution in [1.82, 2.24) is 4.41 Å². The molecule has 0 radical (unpaired) electrons. The first-order valence-electron chi connectivity index (χ1n) is 11.1. The van der Waals surface area contributed by atoms with Gasteiger partial charge in [-0.1, -0.05) is 42.0 Å². The number of nitrogens with zero attached hydrogens (tertiary/aromatic N) is 2. The first kappa shape index (κ1) is 24.7. The molecule has 1 unspecified atom stereocenters. The Kier molecular flexibility index (Phi) is 6.86. The van der Waals surface area contributed by atoms with Crippen molar-refractivity contribution in [2.24, 2.45) is 5.10 Å². The third-order valence-corrected chi connectivity index (χ3v) is 8.79. The lowest BCUT2D eigenvalue weighted by Crippen LogP contribution is -2.27. The molecule has 0 spiro atoms. The maximum Gasteiger partial charge on any atom is 0.279 e. The van der Waals surface area contributed by atoms with E-state index in [4.69, 9.17) is 4.74 Å². The predicted octanol–water partition coefficient (Wildman–Crippen LogP) is 4.31. The summed E-state index contributed by atoms with van der Waals surface area (Å²) in [5.41, 5.74) is 3.30. The molecule has 3 aromatic carbocycles. The Balaban J connectivity index is 1.76. The minimum Gasteiger partial charge on any atom is -0.497 e. The zero-order valence-electron chi connectivity index (χ0n) is 19.7. The Labute approximate surface area is 206 Å². The molecule has 1 atom stereocenters. The van der Waals surface area contributed by atoms with Crippen molar-refractivity contribution in [3.63, 3.8) is 0 Å². The molecule has 0 aromatic heterocycles. The fraction of sp³-hybridized carbons (Fsp3) is 0.240. The maximum absolute atomic E-state index is 13.6. The summed E-state index contributed by atoms with van der Waals surface area (Å²) in [5.74, 6) is 0.608. The monoisotopic (exact) mass is 513 g/mol. The van der Waals surface area contributed by atoms with Gasteiger partial charge in [-0.05, 0) is 61.4 Å². The number of nitrogens with one attached hydrogen (secondary N) is 1. The Morgan fingerprint density at radius 1 is 1.00 bits per heavy atom. The molecule has 3 aromatic rings. The van der Waals surface area contributed by atoms with Crippen LogP contribution in [-0.2, 0) is 20.0 Å². The summed E-state index contributed by atoms with van der Waals surface area (Å²) in [4.78, 5) is 0.149. The number of rotatable bonds is 8. The summed E-state index contributed by atoms with van der Waals surface area (Å²) in [6.07, 6.45) is 0.321. The van der Waals surface area contributed by atoms with E-state index in [9.17, 15) is 16.8 Å². The first-order chi connectivity index (χ1) is 16.6. The van der Waals surface area contributed by atoms with Crippen molar-refractivity contribution in [3.05, 3.63) is 89.5 Å². The molecule has 184 valence electrons. The van der Waals surface area contributed by atoms with Crippen LogP contribution < -0.4 is 9.46 Å². The molecule has 0 saturated carbocycles. The van der Waals surface area contributed by atoms with Crippen LogP contribution >= 0.6 is 0 Å². The van der Waals surface area contributed by atoms with E-state index in [1.54, 1.807) is 74.7 Å². The lowest BCUT2D eigenvalue weighted by Gasteiger charge is -2.23. The van der Waals surface area contributed by atoms with Gasteiger partial charge in [0, 0.05) is 12.1 Å². The van der Waals surface area contributed by atoms with Gasteiger partial charge >= 0.3 is 0 Å². The van der Waals surface area contributed by atoms with Crippen LogP contribution in [0, 0.1) is 6.92 Å². The Morgan fingerprint density at radius 3 is 2.31 bits per heavy atom. The van der Waals surface area contributed by atoms with E-state index in [0.717, 1.165) is 15.5 Å². The summed E-state index contributed by atoms with van der Waals surface area (Å²) in [7, 11) is -5.83. The van der Waals surface area contributed by atoms with Gasteiger partial charge in [-0.25, -0.2) is 8.42 Å². The SMILES string of the molecule is CCS(=O)(=O)Nc1cccc(C2=NN(S(=O)(=O)c3ccc(C)cc3)C(c3ccc(OC)cc3)C2)c1. The van der Waals surface area contributed by atoms with Gasteiger partial charge in [0.05, 0.1) is 29.5 Å². The van der Waals surface area contributed by atoms with Gasteiger partial charge in [-0.15, -0.1) is 0 Å². The summed E-state index contributed by atoms with van der Waals surface area (Å²) >= 11 is 0. The van der Waals surface area contributed by atoms with Crippen molar-refractivity contribution in [2.75, 3.05) is 17.6 Å². The average molecular weight is 514 g/mol. The van der Waals surface area contributed by atoms with Crippen molar-refractivity contribution in [1.29, 1.82) is 0 Å². The van der Waals surface area contributed by atoms with Crippen LogP contribution in [0.3, 0.4) is 0 Å². The highest BCUT2D eigenvalue weighted by Crippen LogP contribution is 2.38. The van der Waals surface area contributed by atoms with E-state index in [2.05, 4.69) is 9.82 Å². The summed E-state index contributed by atoms with van der Waals surface area (Å²) in [5, 5.41) is 4.54. The maximum atomic E-state index is 13.6. The Hall–Kier alpha value is -3.37. The van der Waals surface area contributed by atoms with E-state index < -0.39 is 26.1 Å². The standard InChI is InChI=1S/C25H27N3O5S2/c1-4-34(29,30)27-21-7-5-6-20(16-21)24-17-25(19-10-12-22(33-3)13-11-19)28(26-24)35(31,32)23-14-8-18(2)9-15-23/h5-16,25,27H,4,17H2,1-3H3. The molecule has 1 N–H and O–H groups in total. The summed E-state index contributed by atoms with van der Waals surface area (Å²) in [6.45, 7) is 3.45. The van der Waals surface area contributed by atoms with Gasteiger partial charge < -0.3 is 4.74 Å². The lowest BCUT2D eigenvalue weighted by molar-refractivity contribution is 0.370. The number of aryl methyl sites for hydroxylation is 1. The largest absolute Gasteiger partial charge is 0.497 e. The van der Waals surface area contributed by atoms with Gasteiger partial charge in [0.1, 0.15) is 5.75 Å². The fourth-order valence-corrected chi connectivity index (χ4v) is 5.85. The van der Waals surface area contributed by atoms with Gasteiger partial charge in [-0.2, -0.15) is 17.9 Å². The predicted molar refractivity (Wildman–Crippen MR) is 137 cm³/mol. The highest BCUT2D eigenvalue weighted by Gasteiger charge is 2.37. The van der Waals surface area contributed by atoms with Crippen LogP contribution in [0.1, 0.15) is 36.1 Å². The molecule has 0 amide bonds. The first-order valence-corrected chi connectivity index (χ1v) is 14.2. The molecule has 1 aliphatic heterocycles. The molecule has 0 aliphatic carbocycles. The van der Waals surface area contributed by atoms with Crippen molar-refractivity contribution < 1.29 is 21.6 Å². The zero-order valence-corrected chi connectivity index (χ0v) is 21.3. The molecule has 4 rings (SSSR count). The second-order valence-electron chi connectivity index (χ2n) is 8.22. The van der Waals surface area contributed by atoms with Crippen molar-refractivity contribution in [3.8, 4) is 5.75 Å². The zero-order chi connectivity index (χ0) is 25.2. The fourth-order valence-electron chi connectivity index (χ4n) is 3.79. The number of anilines is 1. The van der Waals surface area contributed by atoms with Crippen LogP contribution in [0.5, 0.6) is 5.75 Å². The van der Waals surface area contributed by atoms with Gasteiger partial charge in [0.2, 0.25) is 10.0 Å². The van der Waals surface area contributed by atoms with E-state index in [1.807, 2.05) is 19.1 Å². The Bertz CT molecular complexity index is 1450. The number of hydrogen-bond acceptors (Lipinski definition) is 6. The third kappa shape index (κ3) is 5.33. The van der Waals surface area contributed by atoms with Gasteiger partial charge in [-0.3, -0.25) is 4.72 Å². The smallest absolute Gasteiger partial charge is 0.279 e. The Morgan fingerprint density at radius 2 is 1.69 bits per heavy atom. The quantitative estimate of drug-likeness (QED) is 0.483. The molecular weight excluding hydrogens is 486 g/mol. The number of ether oxygens (including phenoxy) is 1. The van der Waals surface area contributed by atoms with E-state index in [0.29, 0.717) is 29.1 Å². The topological polar surface area (TPSA) is 105 Å². The highest BCUT2D eigenvalue weighted by molar-refractivity contribution is 7.92. The molecule has 0 saturated heterocycles. The molecule has 0 fully saturated rings. The highest BCUT2D eigenvalue weighted by atomic mass is 32.2. The van der Waals surface area contributed by atoms with Crippen LogP contribution in [0.15, 0.2) is 82.8 Å². The van der Waals surface area contributed by atoms with Gasteiger partial charge in [0.15, 0.2) is 0 Å². The van der Waals surface area contributed by atoms with E-state index >= 15 is 0 Å². The number of hydrazone groups is 1. The molecular formula is C25H27N3O5S2. The number of benzene rings is 3.